The number of rotatable bonds is 7. The van der Waals surface area contributed by atoms with E-state index in [2.05, 4.69) is 41.9 Å². The highest BCUT2D eigenvalue weighted by atomic mass is 16.5. The summed E-state index contributed by atoms with van der Waals surface area (Å²) in [5.41, 5.74) is 3.46. The Morgan fingerprint density at radius 1 is 1.32 bits per heavy atom. The highest BCUT2D eigenvalue weighted by Gasteiger charge is 2.31. The fraction of sp³-hybridized carbons (Fsp3) is 0.474. The van der Waals surface area contributed by atoms with Gasteiger partial charge in [-0.2, -0.15) is 0 Å². The monoisotopic (exact) mass is 345 g/mol. The average Bonchev–Trinajstić information content (AvgIpc) is 2.59. The largest absolute Gasteiger partial charge is 0.463 e. The predicted octanol–water partition coefficient (Wildman–Crippen LogP) is 2.55. The first kappa shape index (κ1) is 19.0. The Balaban J connectivity index is 2.21. The van der Waals surface area contributed by atoms with Crippen LogP contribution in [0.3, 0.4) is 0 Å². The van der Waals surface area contributed by atoms with Crippen molar-refractivity contribution in [2.24, 2.45) is 0 Å². The zero-order valence-electron chi connectivity index (χ0n) is 15.3. The molecule has 6 nitrogen and oxygen atoms in total. The van der Waals surface area contributed by atoms with Gasteiger partial charge in [-0.3, -0.25) is 0 Å². The Kier molecular flexibility index (Phi) is 6.58. The molecule has 0 spiro atoms. The Labute approximate surface area is 149 Å². The number of esters is 1. The lowest BCUT2D eigenvalue weighted by molar-refractivity contribution is -0.139. The lowest BCUT2D eigenvalue weighted by Gasteiger charge is -2.29. The highest BCUT2D eigenvalue weighted by Crippen LogP contribution is 2.19. The van der Waals surface area contributed by atoms with E-state index in [0.29, 0.717) is 30.8 Å². The van der Waals surface area contributed by atoms with Gasteiger partial charge in [-0.1, -0.05) is 31.2 Å². The molecule has 1 aliphatic heterocycles. The van der Waals surface area contributed by atoms with Crippen molar-refractivity contribution in [1.29, 1.82) is 0 Å². The van der Waals surface area contributed by atoms with Gasteiger partial charge >= 0.3 is 12.0 Å². The van der Waals surface area contributed by atoms with Crippen LogP contribution in [0.1, 0.15) is 44.4 Å². The summed E-state index contributed by atoms with van der Waals surface area (Å²) >= 11 is 0. The number of hydrogen-bond acceptors (Lipinski definition) is 4. The number of carbonyl (C=O) groups excluding carboxylic acids is 2. The number of carbonyl (C=O) groups is 2. The van der Waals surface area contributed by atoms with Crippen molar-refractivity contribution in [2.75, 3.05) is 13.2 Å². The maximum atomic E-state index is 12.4. The Hall–Kier alpha value is -2.34. The van der Waals surface area contributed by atoms with Gasteiger partial charge in [0.15, 0.2) is 0 Å². The molecule has 136 valence electrons. The lowest BCUT2D eigenvalue weighted by Crippen LogP contribution is -2.52. The first-order valence-corrected chi connectivity index (χ1v) is 8.74. The van der Waals surface area contributed by atoms with E-state index in [1.165, 1.54) is 11.1 Å². The summed E-state index contributed by atoms with van der Waals surface area (Å²) < 4.78 is 5.17. The van der Waals surface area contributed by atoms with Crippen LogP contribution in [-0.2, 0) is 9.53 Å². The van der Waals surface area contributed by atoms with Crippen molar-refractivity contribution in [1.82, 2.24) is 16.0 Å². The fourth-order valence-corrected chi connectivity index (χ4v) is 3.04. The summed E-state index contributed by atoms with van der Waals surface area (Å²) in [7, 11) is 0. The van der Waals surface area contributed by atoms with Gasteiger partial charge in [0.25, 0.3) is 0 Å². The number of benzene rings is 1. The fourth-order valence-electron chi connectivity index (χ4n) is 3.04. The van der Waals surface area contributed by atoms with Crippen molar-refractivity contribution < 1.29 is 14.3 Å². The number of urea groups is 1. The first-order chi connectivity index (χ1) is 12.0. The standard InChI is InChI=1S/C19H27N3O3/c1-5-15-17(18(23)25-6-2)16(22-19(24)21-15)11-20-13(4)14-10-8-7-9-12(14)3/h7-10,13,15,20H,5-6,11H2,1-4H3,(H2,21,22,24)/t13-,15+/m1/s1. The van der Waals surface area contributed by atoms with E-state index >= 15 is 0 Å². The normalized spacial score (nSPS) is 18.4. The number of amides is 2. The van der Waals surface area contributed by atoms with Gasteiger partial charge in [-0.05, 0) is 38.3 Å². The molecule has 1 heterocycles. The minimum Gasteiger partial charge on any atom is -0.463 e. The molecule has 3 N–H and O–H groups in total. The Bertz CT molecular complexity index is 670. The molecule has 1 aliphatic rings. The van der Waals surface area contributed by atoms with Crippen molar-refractivity contribution in [3.63, 3.8) is 0 Å². The maximum Gasteiger partial charge on any atom is 0.337 e. The van der Waals surface area contributed by atoms with Gasteiger partial charge < -0.3 is 20.7 Å². The molecule has 2 atom stereocenters. The molecule has 0 aromatic heterocycles. The summed E-state index contributed by atoms with van der Waals surface area (Å²) in [6.45, 7) is 8.51. The molecular weight excluding hydrogens is 318 g/mol. The van der Waals surface area contributed by atoms with Gasteiger partial charge in [-0.25, -0.2) is 9.59 Å². The highest BCUT2D eigenvalue weighted by molar-refractivity contribution is 5.94. The molecule has 1 aromatic rings. The summed E-state index contributed by atoms with van der Waals surface area (Å²) in [4.78, 5) is 24.3. The molecule has 0 saturated heterocycles. The van der Waals surface area contributed by atoms with Crippen molar-refractivity contribution in [2.45, 2.75) is 46.2 Å². The van der Waals surface area contributed by atoms with Crippen LogP contribution in [0.5, 0.6) is 0 Å². The molecule has 6 heteroatoms. The summed E-state index contributed by atoms with van der Waals surface area (Å²) in [5.74, 6) is -0.387. The second kappa shape index (κ2) is 8.67. The molecule has 0 radical (unpaired) electrons. The smallest absolute Gasteiger partial charge is 0.337 e. The number of nitrogens with one attached hydrogen (secondary N) is 3. The van der Waals surface area contributed by atoms with E-state index < -0.39 is 0 Å². The molecule has 1 aromatic carbocycles. The Morgan fingerprint density at radius 2 is 2.04 bits per heavy atom. The summed E-state index contributed by atoms with van der Waals surface area (Å²) in [6.07, 6.45) is 0.623. The van der Waals surface area contributed by atoms with Crippen LogP contribution in [0, 0.1) is 6.92 Å². The zero-order valence-corrected chi connectivity index (χ0v) is 15.3. The van der Waals surface area contributed by atoms with Gasteiger partial charge in [0, 0.05) is 18.3 Å². The SMILES string of the molecule is CCOC(=O)C1=C(CN[C@H](C)c2ccccc2C)NC(=O)N[C@H]1CC. The van der Waals surface area contributed by atoms with E-state index in [0.717, 1.165) is 0 Å². The van der Waals surface area contributed by atoms with Crippen LogP contribution in [0.25, 0.3) is 0 Å². The molecule has 0 bridgehead atoms. The van der Waals surface area contributed by atoms with Gasteiger partial charge in [0.2, 0.25) is 0 Å². The van der Waals surface area contributed by atoms with Crippen LogP contribution in [0.15, 0.2) is 35.5 Å². The third-order valence-corrected chi connectivity index (χ3v) is 4.39. The van der Waals surface area contributed by atoms with E-state index in [1.807, 2.05) is 19.1 Å². The van der Waals surface area contributed by atoms with Gasteiger partial charge in [0.1, 0.15) is 0 Å². The van der Waals surface area contributed by atoms with E-state index in [-0.39, 0.29) is 24.1 Å². The van der Waals surface area contributed by atoms with Crippen LogP contribution < -0.4 is 16.0 Å². The van der Waals surface area contributed by atoms with Crippen molar-refractivity contribution in [3.05, 3.63) is 46.7 Å². The molecule has 0 saturated carbocycles. The molecule has 2 amide bonds. The number of aryl methyl sites for hydroxylation is 1. The molecule has 0 unspecified atom stereocenters. The lowest BCUT2D eigenvalue weighted by atomic mass is 9.99. The molecule has 25 heavy (non-hydrogen) atoms. The number of ether oxygens (including phenoxy) is 1. The quantitative estimate of drug-likeness (QED) is 0.664. The second-order valence-corrected chi connectivity index (χ2v) is 6.13. The van der Waals surface area contributed by atoms with Crippen LogP contribution >= 0.6 is 0 Å². The molecule has 0 fully saturated rings. The van der Waals surface area contributed by atoms with Gasteiger partial charge in [-0.15, -0.1) is 0 Å². The van der Waals surface area contributed by atoms with Crippen LogP contribution in [-0.4, -0.2) is 31.2 Å². The van der Waals surface area contributed by atoms with Crippen molar-refractivity contribution in [3.8, 4) is 0 Å². The van der Waals surface area contributed by atoms with Crippen LogP contribution in [0.2, 0.25) is 0 Å². The van der Waals surface area contributed by atoms with Crippen LogP contribution in [0.4, 0.5) is 4.79 Å². The first-order valence-electron chi connectivity index (χ1n) is 8.74. The molecular formula is C19H27N3O3. The maximum absolute atomic E-state index is 12.4. The van der Waals surface area contributed by atoms with Gasteiger partial charge in [0.05, 0.1) is 18.2 Å². The van der Waals surface area contributed by atoms with E-state index in [4.69, 9.17) is 4.74 Å². The third-order valence-electron chi connectivity index (χ3n) is 4.39. The van der Waals surface area contributed by atoms with E-state index in [9.17, 15) is 9.59 Å². The minimum absolute atomic E-state index is 0.0870. The van der Waals surface area contributed by atoms with Crippen molar-refractivity contribution >= 4 is 12.0 Å². The third kappa shape index (κ3) is 4.60. The topological polar surface area (TPSA) is 79.5 Å². The Morgan fingerprint density at radius 3 is 2.68 bits per heavy atom. The second-order valence-electron chi connectivity index (χ2n) is 6.13. The van der Waals surface area contributed by atoms with E-state index in [1.54, 1.807) is 6.92 Å². The summed E-state index contributed by atoms with van der Waals surface area (Å²) in [6, 6.07) is 7.61. The molecule has 2 rings (SSSR count). The zero-order chi connectivity index (χ0) is 18.4. The summed E-state index contributed by atoms with van der Waals surface area (Å²) in [5, 5.41) is 8.93. The number of hydrogen-bond donors (Lipinski definition) is 3. The molecule has 0 aliphatic carbocycles. The minimum atomic E-state index is -0.387. The predicted molar refractivity (Wildman–Crippen MR) is 97.0 cm³/mol. The average molecular weight is 345 g/mol.